The highest BCUT2D eigenvalue weighted by molar-refractivity contribution is 7.17. The lowest BCUT2D eigenvalue weighted by atomic mass is 9.94. The number of carbonyl (C=O) groups excluding carboxylic acids is 2. The van der Waals surface area contributed by atoms with E-state index in [1.165, 1.54) is 11.3 Å². The first-order chi connectivity index (χ1) is 19.9. The number of Topliss-reactive ketones (excluding diaryl/α,β-unsaturated/α-hetero) is 1. The van der Waals surface area contributed by atoms with Gasteiger partial charge in [0.15, 0.2) is 17.3 Å². The number of hydrogen-bond acceptors (Lipinski definition) is 9. The summed E-state index contributed by atoms with van der Waals surface area (Å²) in [4.78, 5) is 36.6. The molecule has 3 aromatic rings. The SMILES string of the molecule is CCOc1ccc(C2C(C(=O)c3sc(-c4ccccc4)nc3C)=C(O)C(=O)N2CCCN2CCOCC2)cc1OC. The number of carbonyl (C=O) groups is 2. The second-order valence-corrected chi connectivity index (χ2v) is 10.9. The Kier molecular flexibility index (Phi) is 9.02. The van der Waals surface area contributed by atoms with E-state index in [-0.39, 0.29) is 5.57 Å². The number of nitrogens with zero attached hydrogens (tertiary/aromatic N) is 3. The zero-order chi connectivity index (χ0) is 28.9. The summed E-state index contributed by atoms with van der Waals surface area (Å²) in [6.07, 6.45) is 0.683. The summed E-state index contributed by atoms with van der Waals surface area (Å²) in [6.45, 7) is 8.35. The van der Waals surface area contributed by atoms with Crippen molar-refractivity contribution in [2.75, 3.05) is 53.1 Å². The normalized spacial score (nSPS) is 17.8. The van der Waals surface area contributed by atoms with Crippen molar-refractivity contribution in [1.29, 1.82) is 0 Å². The van der Waals surface area contributed by atoms with Gasteiger partial charge in [-0.05, 0) is 38.0 Å². The van der Waals surface area contributed by atoms with Gasteiger partial charge in [0.25, 0.3) is 5.91 Å². The number of amides is 1. The van der Waals surface area contributed by atoms with E-state index >= 15 is 0 Å². The van der Waals surface area contributed by atoms with Crippen LogP contribution >= 0.6 is 11.3 Å². The Morgan fingerprint density at radius 2 is 1.88 bits per heavy atom. The van der Waals surface area contributed by atoms with Gasteiger partial charge in [-0.2, -0.15) is 0 Å². The highest BCUT2D eigenvalue weighted by Gasteiger charge is 2.44. The summed E-state index contributed by atoms with van der Waals surface area (Å²) in [5.41, 5.74) is 2.17. The van der Waals surface area contributed by atoms with E-state index in [2.05, 4.69) is 9.88 Å². The van der Waals surface area contributed by atoms with Crippen LogP contribution in [0.4, 0.5) is 0 Å². The van der Waals surface area contributed by atoms with E-state index < -0.39 is 23.5 Å². The zero-order valence-corrected chi connectivity index (χ0v) is 24.4. The molecule has 0 radical (unpaired) electrons. The Labute approximate surface area is 244 Å². The molecule has 1 N–H and O–H groups in total. The zero-order valence-electron chi connectivity index (χ0n) is 23.6. The first-order valence-electron chi connectivity index (χ1n) is 13.8. The van der Waals surface area contributed by atoms with Gasteiger partial charge >= 0.3 is 0 Å². The van der Waals surface area contributed by atoms with Crippen LogP contribution in [0.5, 0.6) is 11.5 Å². The molecule has 2 aliphatic heterocycles. The molecular weight excluding hydrogens is 542 g/mol. The third-order valence-electron chi connectivity index (χ3n) is 7.35. The van der Waals surface area contributed by atoms with E-state index in [4.69, 9.17) is 14.2 Å². The molecule has 1 saturated heterocycles. The van der Waals surface area contributed by atoms with Crippen LogP contribution < -0.4 is 9.47 Å². The molecular formula is C31H35N3O6S. The van der Waals surface area contributed by atoms with Crippen molar-refractivity contribution in [1.82, 2.24) is 14.8 Å². The Morgan fingerprint density at radius 1 is 1.12 bits per heavy atom. The second kappa shape index (κ2) is 12.8. The molecule has 216 valence electrons. The van der Waals surface area contributed by atoms with Crippen LogP contribution in [0.3, 0.4) is 0 Å². The molecule has 2 aromatic carbocycles. The van der Waals surface area contributed by atoms with Crippen LogP contribution in [0.1, 0.15) is 40.3 Å². The number of benzene rings is 2. The third-order valence-corrected chi connectivity index (χ3v) is 8.56. The van der Waals surface area contributed by atoms with Crippen molar-refractivity contribution in [2.24, 2.45) is 0 Å². The molecule has 0 aliphatic carbocycles. The fourth-order valence-corrected chi connectivity index (χ4v) is 6.34. The maximum atomic E-state index is 14.1. The Bertz CT molecular complexity index is 1430. The van der Waals surface area contributed by atoms with Crippen LogP contribution in [0.15, 0.2) is 59.9 Å². The third kappa shape index (κ3) is 6.00. The van der Waals surface area contributed by atoms with Crippen molar-refractivity contribution in [2.45, 2.75) is 26.3 Å². The maximum absolute atomic E-state index is 14.1. The lowest BCUT2D eigenvalue weighted by Gasteiger charge is -2.30. The van der Waals surface area contributed by atoms with Crippen LogP contribution in [-0.2, 0) is 9.53 Å². The number of aromatic nitrogens is 1. The van der Waals surface area contributed by atoms with Gasteiger partial charge < -0.3 is 24.2 Å². The lowest BCUT2D eigenvalue weighted by Crippen LogP contribution is -2.39. The molecule has 2 aliphatic rings. The summed E-state index contributed by atoms with van der Waals surface area (Å²) in [5, 5.41) is 11.9. The summed E-state index contributed by atoms with van der Waals surface area (Å²) < 4.78 is 16.7. The maximum Gasteiger partial charge on any atom is 0.290 e. The molecule has 1 amide bonds. The highest BCUT2D eigenvalue weighted by atomic mass is 32.1. The number of hydrogen-bond donors (Lipinski definition) is 1. The van der Waals surface area contributed by atoms with Gasteiger partial charge in [0.1, 0.15) is 5.01 Å². The van der Waals surface area contributed by atoms with Gasteiger partial charge in [-0.15, -0.1) is 11.3 Å². The summed E-state index contributed by atoms with van der Waals surface area (Å²) in [6, 6.07) is 14.2. The topological polar surface area (TPSA) is 101 Å². The molecule has 0 spiro atoms. The van der Waals surface area contributed by atoms with Crippen LogP contribution in [0, 0.1) is 6.92 Å². The molecule has 10 heteroatoms. The number of aliphatic hydroxyl groups excluding tert-OH is 1. The van der Waals surface area contributed by atoms with Gasteiger partial charge in [0.05, 0.1) is 49.1 Å². The molecule has 3 heterocycles. The predicted octanol–water partition coefficient (Wildman–Crippen LogP) is 4.83. The Balaban J connectivity index is 1.50. The molecule has 5 rings (SSSR count). The standard InChI is InChI=1S/C31H35N3O6S/c1-4-40-23-12-11-22(19-24(23)38-3)26-25(27(35)29-20(2)32-30(41-29)21-9-6-5-7-10-21)28(36)31(37)34(26)14-8-13-33-15-17-39-18-16-33/h5-7,9-12,19,26,36H,4,8,13-18H2,1-3H3. The average Bonchev–Trinajstić information content (AvgIpc) is 3.51. The number of thiazole rings is 1. The summed E-state index contributed by atoms with van der Waals surface area (Å²) in [7, 11) is 1.55. The number of ketones is 1. The molecule has 1 fully saturated rings. The molecule has 9 nitrogen and oxygen atoms in total. The van der Waals surface area contributed by atoms with Crippen molar-refractivity contribution >= 4 is 23.0 Å². The van der Waals surface area contributed by atoms with E-state index in [1.807, 2.05) is 43.3 Å². The van der Waals surface area contributed by atoms with Crippen LogP contribution in [-0.4, -0.2) is 84.7 Å². The Morgan fingerprint density at radius 3 is 2.59 bits per heavy atom. The minimum absolute atomic E-state index is 0.0546. The van der Waals surface area contributed by atoms with Gasteiger partial charge in [-0.3, -0.25) is 14.5 Å². The summed E-state index contributed by atoms with van der Waals surface area (Å²) in [5.74, 6) is -0.425. The van der Waals surface area contributed by atoms with Crippen molar-refractivity contribution in [3.63, 3.8) is 0 Å². The number of rotatable bonds is 11. The smallest absolute Gasteiger partial charge is 0.290 e. The highest BCUT2D eigenvalue weighted by Crippen LogP contribution is 2.43. The monoisotopic (exact) mass is 577 g/mol. The minimum Gasteiger partial charge on any atom is -0.503 e. The number of ether oxygens (including phenoxy) is 3. The Hall–Kier alpha value is -3.73. The minimum atomic E-state index is -0.786. The van der Waals surface area contributed by atoms with Crippen molar-refractivity contribution in [3.8, 4) is 22.1 Å². The molecule has 41 heavy (non-hydrogen) atoms. The summed E-state index contributed by atoms with van der Waals surface area (Å²) >= 11 is 1.26. The van der Waals surface area contributed by atoms with E-state index in [9.17, 15) is 14.7 Å². The van der Waals surface area contributed by atoms with Crippen LogP contribution in [0.2, 0.25) is 0 Å². The van der Waals surface area contributed by atoms with Crippen molar-refractivity contribution in [3.05, 3.63) is 76.0 Å². The van der Waals surface area contributed by atoms with Crippen molar-refractivity contribution < 1.29 is 28.9 Å². The number of aliphatic hydroxyl groups is 1. The first kappa shape index (κ1) is 28.8. The molecule has 1 aromatic heterocycles. The number of methoxy groups -OCH3 is 1. The molecule has 0 bridgehead atoms. The van der Waals surface area contributed by atoms with E-state index in [1.54, 1.807) is 31.1 Å². The molecule has 1 unspecified atom stereocenters. The molecule has 0 saturated carbocycles. The fourth-order valence-electron chi connectivity index (χ4n) is 5.31. The number of aryl methyl sites for hydroxylation is 1. The van der Waals surface area contributed by atoms with Crippen LogP contribution in [0.25, 0.3) is 10.6 Å². The van der Waals surface area contributed by atoms with E-state index in [0.717, 1.165) is 25.2 Å². The van der Waals surface area contributed by atoms with Gasteiger partial charge in [-0.25, -0.2) is 4.98 Å². The molecule has 1 atom stereocenters. The quantitative estimate of drug-likeness (QED) is 0.324. The van der Waals surface area contributed by atoms with Gasteiger partial charge in [0, 0.05) is 31.7 Å². The predicted molar refractivity (Wildman–Crippen MR) is 157 cm³/mol. The second-order valence-electron chi connectivity index (χ2n) is 9.94. The number of morpholine rings is 1. The van der Waals surface area contributed by atoms with Gasteiger partial charge in [0.2, 0.25) is 5.78 Å². The largest absolute Gasteiger partial charge is 0.503 e. The van der Waals surface area contributed by atoms with E-state index in [0.29, 0.717) is 65.4 Å². The van der Waals surface area contributed by atoms with Gasteiger partial charge in [-0.1, -0.05) is 36.4 Å². The average molecular weight is 578 g/mol. The lowest BCUT2D eigenvalue weighted by molar-refractivity contribution is -0.129. The fraction of sp³-hybridized carbons (Fsp3) is 0.387. The first-order valence-corrected chi connectivity index (χ1v) is 14.7.